The van der Waals surface area contributed by atoms with Gasteiger partial charge in [-0.25, -0.2) is 4.79 Å². The fourth-order valence-electron chi connectivity index (χ4n) is 0.846. The summed E-state index contributed by atoms with van der Waals surface area (Å²) in [6.07, 6.45) is 1.55. The average Bonchev–Trinajstić information content (AvgIpc) is 2.10. The number of rotatable bonds is 6. The molecule has 0 spiro atoms. The van der Waals surface area contributed by atoms with Crippen LogP contribution >= 0.6 is 0 Å². The summed E-state index contributed by atoms with van der Waals surface area (Å²) in [5.41, 5.74) is 5.34. The molecule has 76 valence electrons. The summed E-state index contributed by atoms with van der Waals surface area (Å²) >= 11 is 0. The first-order chi connectivity index (χ1) is 6.07. The van der Waals surface area contributed by atoms with E-state index in [2.05, 4.69) is 10.7 Å². The number of aliphatic carboxylic acids is 1. The molecule has 0 aliphatic carbocycles. The second-order valence-corrected chi connectivity index (χ2v) is 2.68. The summed E-state index contributed by atoms with van der Waals surface area (Å²) in [5, 5.41) is 8.29. The summed E-state index contributed by atoms with van der Waals surface area (Å²) in [4.78, 5) is 24.7. The number of hydrogen-bond acceptors (Lipinski definition) is 5. The van der Waals surface area contributed by atoms with Crippen LogP contribution in [0.1, 0.15) is 25.7 Å². The van der Waals surface area contributed by atoms with Crippen LogP contribution in [0.2, 0.25) is 0 Å². The van der Waals surface area contributed by atoms with Gasteiger partial charge in [0.2, 0.25) is 0 Å². The van der Waals surface area contributed by atoms with Crippen LogP contribution in [0.15, 0.2) is 0 Å². The zero-order valence-corrected chi connectivity index (χ0v) is 7.23. The molecule has 0 fully saturated rings. The highest BCUT2D eigenvalue weighted by molar-refractivity contribution is 5.75. The molecule has 0 saturated heterocycles. The Labute approximate surface area is 75.8 Å². The van der Waals surface area contributed by atoms with Gasteiger partial charge in [0, 0.05) is 6.42 Å². The van der Waals surface area contributed by atoms with Crippen molar-refractivity contribution in [2.75, 3.05) is 0 Å². The lowest BCUT2D eigenvalue weighted by Crippen LogP contribution is -2.33. The van der Waals surface area contributed by atoms with E-state index in [1.807, 2.05) is 0 Å². The Morgan fingerprint density at radius 3 is 2.46 bits per heavy atom. The number of unbranched alkanes of at least 4 members (excludes halogenated alkanes) is 1. The maximum atomic E-state index is 10.7. The highest BCUT2D eigenvalue weighted by atomic mass is 16.7. The molecule has 1 atom stereocenters. The number of nitrogens with two attached hydrogens (primary N) is 2. The Morgan fingerprint density at radius 2 is 2.00 bits per heavy atom. The number of carboxylic acid groups (broad SMARTS) is 1. The second kappa shape index (κ2) is 6.38. The van der Waals surface area contributed by atoms with Crippen molar-refractivity contribution in [1.82, 2.24) is 0 Å². The van der Waals surface area contributed by atoms with E-state index in [0.717, 1.165) is 0 Å². The van der Waals surface area contributed by atoms with Crippen LogP contribution in [0.25, 0.3) is 0 Å². The monoisotopic (exact) mass is 190 g/mol. The summed E-state index contributed by atoms with van der Waals surface area (Å²) in [5.74, 6) is 3.08. The van der Waals surface area contributed by atoms with Crippen LogP contribution in [0, 0.1) is 0 Å². The van der Waals surface area contributed by atoms with Gasteiger partial charge in [0.1, 0.15) is 6.04 Å². The topological polar surface area (TPSA) is 116 Å². The van der Waals surface area contributed by atoms with Crippen molar-refractivity contribution < 1.29 is 19.5 Å². The van der Waals surface area contributed by atoms with Crippen LogP contribution < -0.4 is 11.6 Å². The Morgan fingerprint density at radius 1 is 1.38 bits per heavy atom. The van der Waals surface area contributed by atoms with Crippen molar-refractivity contribution in [2.45, 2.75) is 31.7 Å². The molecule has 0 aromatic rings. The van der Waals surface area contributed by atoms with Gasteiger partial charge in [0.25, 0.3) is 0 Å². The van der Waals surface area contributed by atoms with Gasteiger partial charge in [0.15, 0.2) is 0 Å². The van der Waals surface area contributed by atoms with Crippen molar-refractivity contribution in [1.29, 1.82) is 0 Å². The third kappa shape index (κ3) is 6.06. The number of carbonyl (C=O) groups excluding carboxylic acids is 1. The normalized spacial score (nSPS) is 12.2. The van der Waals surface area contributed by atoms with E-state index in [0.29, 0.717) is 19.3 Å². The molecule has 0 amide bonds. The van der Waals surface area contributed by atoms with Crippen LogP contribution in [-0.2, 0) is 14.4 Å². The van der Waals surface area contributed by atoms with Crippen LogP contribution in [0.3, 0.4) is 0 Å². The molecule has 0 aliphatic rings. The predicted octanol–water partition coefficient (Wildman–Crippen LogP) is -0.624. The van der Waals surface area contributed by atoms with Crippen molar-refractivity contribution in [3.05, 3.63) is 0 Å². The zero-order valence-electron chi connectivity index (χ0n) is 7.23. The Hall–Kier alpha value is -1.14. The van der Waals surface area contributed by atoms with E-state index in [1.54, 1.807) is 0 Å². The molecule has 0 radical (unpaired) electrons. The first-order valence-corrected chi connectivity index (χ1v) is 3.96. The molecule has 1 unspecified atom stereocenters. The average molecular weight is 190 g/mol. The van der Waals surface area contributed by atoms with E-state index >= 15 is 0 Å². The first kappa shape index (κ1) is 11.9. The highest BCUT2D eigenvalue weighted by Crippen LogP contribution is 2.02. The SMILES string of the molecule is NOC(=O)C(N)CCCCC(=O)O. The van der Waals surface area contributed by atoms with Crippen molar-refractivity contribution in [3.63, 3.8) is 0 Å². The molecule has 0 saturated carbocycles. The lowest BCUT2D eigenvalue weighted by atomic mass is 10.1. The van der Waals surface area contributed by atoms with E-state index < -0.39 is 18.0 Å². The predicted molar refractivity (Wildman–Crippen MR) is 44.4 cm³/mol. The molecule has 0 bridgehead atoms. The molecule has 0 heterocycles. The standard InChI is InChI=1S/C7H14N2O4/c8-5(7(12)13-9)3-1-2-4-6(10)11/h5H,1-4,8-9H2,(H,10,11). The Bertz CT molecular complexity index is 183. The van der Waals surface area contributed by atoms with Gasteiger partial charge in [-0.05, 0) is 12.8 Å². The summed E-state index contributed by atoms with van der Waals surface area (Å²) in [6.45, 7) is 0. The van der Waals surface area contributed by atoms with Gasteiger partial charge in [-0.15, -0.1) is 0 Å². The quantitative estimate of drug-likeness (QED) is 0.379. The Balaban J connectivity index is 3.42. The van der Waals surface area contributed by atoms with Crippen LogP contribution in [0.4, 0.5) is 0 Å². The summed E-state index contributed by atoms with van der Waals surface area (Å²) in [7, 11) is 0. The summed E-state index contributed by atoms with van der Waals surface area (Å²) in [6, 6.07) is -0.751. The Kier molecular flexibility index (Phi) is 5.82. The minimum Gasteiger partial charge on any atom is -0.481 e. The molecule has 0 aromatic carbocycles. The van der Waals surface area contributed by atoms with E-state index in [4.69, 9.17) is 10.8 Å². The number of hydrogen-bond donors (Lipinski definition) is 3. The van der Waals surface area contributed by atoms with Gasteiger partial charge in [-0.2, -0.15) is 5.90 Å². The van der Waals surface area contributed by atoms with E-state index in [-0.39, 0.29) is 6.42 Å². The molecule has 13 heavy (non-hydrogen) atoms. The van der Waals surface area contributed by atoms with Crippen LogP contribution in [0.5, 0.6) is 0 Å². The van der Waals surface area contributed by atoms with Gasteiger partial charge < -0.3 is 15.7 Å². The lowest BCUT2D eigenvalue weighted by molar-refractivity contribution is -0.145. The van der Waals surface area contributed by atoms with Crippen molar-refractivity contribution >= 4 is 11.9 Å². The zero-order chi connectivity index (χ0) is 10.3. The second-order valence-electron chi connectivity index (χ2n) is 2.68. The minimum absolute atomic E-state index is 0.0877. The van der Waals surface area contributed by atoms with Crippen molar-refractivity contribution in [3.8, 4) is 0 Å². The van der Waals surface area contributed by atoms with Gasteiger partial charge in [-0.1, -0.05) is 6.42 Å². The summed E-state index contributed by atoms with van der Waals surface area (Å²) < 4.78 is 0. The maximum absolute atomic E-state index is 10.7. The third-order valence-corrected chi connectivity index (χ3v) is 1.57. The van der Waals surface area contributed by atoms with Gasteiger partial charge in [0.05, 0.1) is 0 Å². The van der Waals surface area contributed by atoms with Gasteiger partial charge >= 0.3 is 11.9 Å². The fraction of sp³-hybridized carbons (Fsp3) is 0.714. The molecular formula is C7H14N2O4. The third-order valence-electron chi connectivity index (χ3n) is 1.57. The smallest absolute Gasteiger partial charge is 0.341 e. The minimum atomic E-state index is -0.852. The molecule has 6 nitrogen and oxygen atoms in total. The molecule has 6 heteroatoms. The van der Waals surface area contributed by atoms with E-state index in [9.17, 15) is 9.59 Å². The molecule has 0 aliphatic heterocycles. The maximum Gasteiger partial charge on any atom is 0.341 e. The van der Waals surface area contributed by atoms with Crippen molar-refractivity contribution in [2.24, 2.45) is 11.6 Å². The molecule has 0 rings (SSSR count). The molecule has 5 N–H and O–H groups in total. The van der Waals surface area contributed by atoms with Gasteiger partial charge in [-0.3, -0.25) is 4.79 Å². The fourth-order valence-corrected chi connectivity index (χ4v) is 0.846. The lowest BCUT2D eigenvalue weighted by Gasteiger charge is -2.06. The molecule has 0 aromatic heterocycles. The first-order valence-electron chi connectivity index (χ1n) is 3.96. The van der Waals surface area contributed by atoms with E-state index in [1.165, 1.54) is 0 Å². The highest BCUT2D eigenvalue weighted by Gasteiger charge is 2.13. The molecular weight excluding hydrogens is 176 g/mol. The number of carboxylic acids is 1. The largest absolute Gasteiger partial charge is 0.481 e. The van der Waals surface area contributed by atoms with Crippen LogP contribution in [-0.4, -0.2) is 23.1 Å². The number of carbonyl (C=O) groups is 2.